The van der Waals surface area contributed by atoms with Crippen LogP contribution in [0.4, 0.5) is 11.6 Å². The number of benzene rings is 2. The van der Waals surface area contributed by atoms with E-state index in [1.807, 2.05) is 24.3 Å². The Balaban J connectivity index is 1.51. The average molecular weight is 383 g/mol. The van der Waals surface area contributed by atoms with Gasteiger partial charge in [-0.15, -0.1) is 10.2 Å². The van der Waals surface area contributed by atoms with Crippen molar-refractivity contribution in [3.8, 4) is 5.75 Å². The predicted octanol–water partition coefficient (Wildman–Crippen LogP) is 4.05. The van der Waals surface area contributed by atoms with Gasteiger partial charge in [-0.3, -0.25) is 4.79 Å². The first-order chi connectivity index (χ1) is 13.1. The molecular weight excluding hydrogens is 364 g/mol. The summed E-state index contributed by atoms with van der Waals surface area (Å²) in [5.74, 6) is 1.60. The number of nitrogens with one attached hydrogen (secondary N) is 2. The van der Waals surface area contributed by atoms with Crippen LogP contribution in [0.5, 0.6) is 5.75 Å². The molecule has 0 unspecified atom stereocenters. The zero-order valence-electron chi connectivity index (χ0n) is 14.8. The summed E-state index contributed by atoms with van der Waals surface area (Å²) in [6, 6.07) is 18.0. The molecule has 138 valence electrons. The first-order valence-electron chi connectivity index (χ1n) is 8.41. The number of aromatic nitrogens is 2. The number of hydrogen-bond acceptors (Lipinski definition) is 5. The number of carbonyl (C=O) groups is 1. The molecule has 1 aromatic heterocycles. The molecule has 0 spiro atoms. The van der Waals surface area contributed by atoms with Crippen LogP contribution < -0.4 is 15.4 Å². The highest BCUT2D eigenvalue weighted by molar-refractivity contribution is 6.30. The maximum atomic E-state index is 12.1. The zero-order valence-corrected chi connectivity index (χ0v) is 15.5. The molecule has 1 heterocycles. The third-order valence-corrected chi connectivity index (χ3v) is 4.12. The van der Waals surface area contributed by atoms with Crippen LogP contribution in [-0.2, 0) is 6.42 Å². The molecule has 0 fully saturated rings. The second kappa shape index (κ2) is 9.00. The van der Waals surface area contributed by atoms with Gasteiger partial charge >= 0.3 is 0 Å². The second-order valence-electron chi connectivity index (χ2n) is 5.79. The number of halogens is 1. The van der Waals surface area contributed by atoms with Crippen molar-refractivity contribution in [3.05, 3.63) is 76.8 Å². The van der Waals surface area contributed by atoms with Crippen molar-refractivity contribution in [1.82, 2.24) is 10.2 Å². The van der Waals surface area contributed by atoms with Gasteiger partial charge in [0.25, 0.3) is 5.91 Å². The zero-order chi connectivity index (χ0) is 19.1. The Kier molecular flexibility index (Phi) is 6.22. The van der Waals surface area contributed by atoms with Crippen molar-refractivity contribution >= 4 is 29.1 Å². The number of nitrogens with zero attached hydrogens (tertiary/aromatic N) is 2. The number of hydrogen-bond donors (Lipinski definition) is 2. The normalized spacial score (nSPS) is 10.3. The lowest BCUT2D eigenvalue weighted by Gasteiger charge is -2.08. The molecule has 0 atom stereocenters. The van der Waals surface area contributed by atoms with Crippen molar-refractivity contribution in [3.63, 3.8) is 0 Å². The van der Waals surface area contributed by atoms with Crippen molar-refractivity contribution in [1.29, 1.82) is 0 Å². The topological polar surface area (TPSA) is 76.1 Å². The maximum Gasteiger partial charge on any atom is 0.256 e. The molecule has 2 N–H and O–H groups in total. The lowest BCUT2D eigenvalue weighted by atomic mass is 10.1. The summed E-state index contributed by atoms with van der Waals surface area (Å²) in [4.78, 5) is 12.1. The van der Waals surface area contributed by atoms with Crippen LogP contribution in [0.15, 0.2) is 60.7 Å². The minimum Gasteiger partial charge on any atom is -0.497 e. The minimum atomic E-state index is -0.264. The summed E-state index contributed by atoms with van der Waals surface area (Å²) in [6.45, 7) is 0.707. The molecule has 0 radical (unpaired) electrons. The molecule has 7 heteroatoms. The minimum absolute atomic E-state index is 0.264. The van der Waals surface area contributed by atoms with E-state index >= 15 is 0 Å². The van der Waals surface area contributed by atoms with Crippen LogP contribution in [0.1, 0.15) is 15.9 Å². The number of ether oxygens (including phenoxy) is 1. The standard InChI is InChI=1S/C20H19ClN4O2/c1-27-17-4-2-3-14(13-17)11-12-22-18-9-10-19(25-24-18)23-20(26)15-5-7-16(21)8-6-15/h2-10,13H,11-12H2,1H3,(H,22,24)(H,23,25,26). The lowest BCUT2D eigenvalue weighted by molar-refractivity contribution is 0.102. The molecular formula is C20H19ClN4O2. The van der Waals surface area contributed by atoms with E-state index in [0.717, 1.165) is 12.2 Å². The molecule has 2 aromatic carbocycles. The third kappa shape index (κ3) is 5.43. The SMILES string of the molecule is COc1cccc(CCNc2ccc(NC(=O)c3ccc(Cl)cc3)nn2)c1. The maximum absolute atomic E-state index is 12.1. The van der Waals surface area contributed by atoms with E-state index < -0.39 is 0 Å². The quantitative estimate of drug-likeness (QED) is 0.644. The molecule has 3 aromatic rings. The molecule has 1 amide bonds. The fourth-order valence-corrected chi connectivity index (χ4v) is 2.57. The van der Waals surface area contributed by atoms with Crippen molar-refractivity contribution in [2.45, 2.75) is 6.42 Å². The van der Waals surface area contributed by atoms with Crippen molar-refractivity contribution < 1.29 is 9.53 Å². The molecule has 0 aliphatic rings. The van der Waals surface area contributed by atoms with Gasteiger partial charge in [-0.2, -0.15) is 0 Å². The molecule has 0 saturated heterocycles. The second-order valence-corrected chi connectivity index (χ2v) is 6.23. The summed E-state index contributed by atoms with van der Waals surface area (Å²) in [5, 5.41) is 14.6. The number of rotatable bonds is 7. The van der Waals surface area contributed by atoms with Crippen LogP contribution in [0.2, 0.25) is 5.02 Å². The predicted molar refractivity (Wildman–Crippen MR) is 107 cm³/mol. The summed E-state index contributed by atoms with van der Waals surface area (Å²) < 4.78 is 5.22. The lowest BCUT2D eigenvalue weighted by Crippen LogP contribution is -2.14. The molecule has 0 bridgehead atoms. The highest BCUT2D eigenvalue weighted by Gasteiger charge is 2.07. The van der Waals surface area contributed by atoms with Gasteiger partial charge in [-0.25, -0.2) is 0 Å². The number of carbonyl (C=O) groups excluding carboxylic acids is 1. The Bertz CT molecular complexity index is 899. The van der Waals surface area contributed by atoms with Crippen molar-refractivity contribution in [2.24, 2.45) is 0 Å². The van der Waals surface area contributed by atoms with Gasteiger partial charge in [0.2, 0.25) is 0 Å². The van der Waals surface area contributed by atoms with Gasteiger partial charge in [0.05, 0.1) is 7.11 Å². The van der Waals surface area contributed by atoms with E-state index in [0.29, 0.717) is 28.8 Å². The van der Waals surface area contributed by atoms with Gasteiger partial charge in [-0.05, 0) is 60.5 Å². The molecule has 0 aliphatic heterocycles. The van der Waals surface area contributed by atoms with Gasteiger partial charge in [0, 0.05) is 17.1 Å². The van der Waals surface area contributed by atoms with Gasteiger partial charge in [0.15, 0.2) is 5.82 Å². The van der Waals surface area contributed by atoms with E-state index in [9.17, 15) is 4.79 Å². The van der Waals surface area contributed by atoms with Crippen LogP contribution in [0.3, 0.4) is 0 Å². The van der Waals surface area contributed by atoms with E-state index in [4.69, 9.17) is 16.3 Å². The smallest absolute Gasteiger partial charge is 0.256 e. The third-order valence-electron chi connectivity index (χ3n) is 3.87. The van der Waals surface area contributed by atoms with Gasteiger partial charge < -0.3 is 15.4 Å². The summed E-state index contributed by atoms with van der Waals surface area (Å²) >= 11 is 5.82. The van der Waals surface area contributed by atoms with Gasteiger partial charge in [-0.1, -0.05) is 23.7 Å². The van der Waals surface area contributed by atoms with Crippen LogP contribution in [0.25, 0.3) is 0 Å². The van der Waals surface area contributed by atoms with E-state index in [1.54, 1.807) is 43.5 Å². The van der Waals surface area contributed by atoms with E-state index in [1.165, 1.54) is 5.56 Å². The fraction of sp³-hybridized carbons (Fsp3) is 0.150. The Morgan fingerprint density at radius 3 is 2.48 bits per heavy atom. The van der Waals surface area contributed by atoms with E-state index in [-0.39, 0.29) is 5.91 Å². The fourth-order valence-electron chi connectivity index (χ4n) is 2.45. The van der Waals surface area contributed by atoms with Crippen molar-refractivity contribution in [2.75, 3.05) is 24.3 Å². The first-order valence-corrected chi connectivity index (χ1v) is 8.79. The molecule has 0 aliphatic carbocycles. The largest absolute Gasteiger partial charge is 0.497 e. The van der Waals surface area contributed by atoms with Crippen LogP contribution >= 0.6 is 11.6 Å². The van der Waals surface area contributed by atoms with Crippen LogP contribution in [-0.4, -0.2) is 29.8 Å². The Labute approximate surface area is 162 Å². The first kappa shape index (κ1) is 18.7. The number of methoxy groups -OCH3 is 1. The summed E-state index contributed by atoms with van der Waals surface area (Å²) in [7, 11) is 1.65. The molecule has 0 saturated carbocycles. The molecule has 27 heavy (non-hydrogen) atoms. The summed E-state index contributed by atoms with van der Waals surface area (Å²) in [5.41, 5.74) is 1.67. The Morgan fingerprint density at radius 2 is 1.78 bits per heavy atom. The highest BCUT2D eigenvalue weighted by Crippen LogP contribution is 2.14. The Morgan fingerprint density at radius 1 is 1.04 bits per heavy atom. The average Bonchev–Trinajstić information content (AvgIpc) is 2.70. The number of amides is 1. The number of anilines is 2. The summed E-state index contributed by atoms with van der Waals surface area (Å²) in [6.07, 6.45) is 0.827. The molecule has 3 rings (SSSR count). The van der Waals surface area contributed by atoms with Gasteiger partial charge in [0.1, 0.15) is 11.6 Å². The molecule has 6 nitrogen and oxygen atoms in total. The van der Waals surface area contributed by atoms with E-state index in [2.05, 4.69) is 20.8 Å². The Hall–Kier alpha value is -3.12. The van der Waals surface area contributed by atoms with Crippen LogP contribution in [0, 0.1) is 0 Å². The monoisotopic (exact) mass is 382 g/mol. The highest BCUT2D eigenvalue weighted by atomic mass is 35.5.